The Hall–Kier alpha value is -0.0800. The third kappa shape index (κ3) is 1.70. The lowest BCUT2D eigenvalue weighted by molar-refractivity contribution is -0.144. The molecule has 2 nitrogen and oxygen atoms in total. The number of hydrogen-bond acceptors (Lipinski definition) is 2. The Balaban J connectivity index is 1.82. The second-order valence-electron chi connectivity index (χ2n) is 5.43. The van der Waals surface area contributed by atoms with Gasteiger partial charge in [0.25, 0.3) is 0 Å². The van der Waals surface area contributed by atoms with E-state index in [1.165, 1.54) is 32.1 Å². The molecule has 0 bridgehead atoms. The molecule has 2 aliphatic rings. The molecule has 2 atom stereocenters. The van der Waals surface area contributed by atoms with Gasteiger partial charge in [-0.15, -0.1) is 0 Å². The third-order valence-corrected chi connectivity index (χ3v) is 4.19. The normalized spacial score (nSPS) is 37.1. The molecule has 2 rings (SSSR count). The summed E-state index contributed by atoms with van der Waals surface area (Å²) in [6, 6.07) is 0.647. The van der Waals surface area contributed by atoms with Crippen LogP contribution >= 0.6 is 0 Å². The molecule has 2 unspecified atom stereocenters. The van der Waals surface area contributed by atoms with Gasteiger partial charge in [-0.25, -0.2) is 0 Å². The first-order chi connectivity index (χ1) is 6.64. The van der Waals surface area contributed by atoms with Crippen LogP contribution in [0.3, 0.4) is 0 Å². The quantitative estimate of drug-likeness (QED) is 0.750. The summed E-state index contributed by atoms with van der Waals surface area (Å²) >= 11 is 0. The first-order valence-electron chi connectivity index (χ1n) is 5.97. The molecule has 0 heterocycles. The summed E-state index contributed by atoms with van der Waals surface area (Å²) in [5, 5.41) is 3.37. The molecule has 0 radical (unpaired) electrons. The average Bonchev–Trinajstić information content (AvgIpc) is 2.64. The number of ether oxygens (including phenoxy) is 1. The Morgan fingerprint density at radius 3 is 2.36 bits per heavy atom. The molecule has 0 spiro atoms. The maximum absolute atomic E-state index is 6.15. The van der Waals surface area contributed by atoms with Crippen LogP contribution in [0.4, 0.5) is 0 Å². The van der Waals surface area contributed by atoms with Gasteiger partial charge in [0.1, 0.15) is 0 Å². The van der Waals surface area contributed by atoms with Crippen molar-refractivity contribution in [2.75, 3.05) is 7.05 Å². The summed E-state index contributed by atoms with van der Waals surface area (Å²) in [7, 11) is 2.05. The van der Waals surface area contributed by atoms with Gasteiger partial charge in [-0.1, -0.05) is 26.7 Å². The first-order valence-corrected chi connectivity index (χ1v) is 5.97. The second kappa shape index (κ2) is 3.82. The van der Waals surface area contributed by atoms with Crippen molar-refractivity contribution in [2.24, 2.45) is 5.41 Å². The smallest absolute Gasteiger partial charge is 0.0659 e. The fourth-order valence-electron chi connectivity index (χ4n) is 2.86. The van der Waals surface area contributed by atoms with E-state index in [-0.39, 0.29) is 0 Å². The van der Waals surface area contributed by atoms with Crippen molar-refractivity contribution in [3.63, 3.8) is 0 Å². The van der Waals surface area contributed by atoms with Crippen molar-refractivity contribution in [1.82, 2.24) is 5.32 Å². The minimum absolute atomic E-state index is 0.331. The van der Waals surface area contributed by atoms with Gasteiger partial charge in [0.15, 0.2) is 0 Å². The Labute approximate surface area is 87.4 Å². The fraction of sp³-hybridized carbons (Fsp3) is 1.00. The molecule has 2 saturated carbocycles. The van der Waals surface area contributed by atoms with E-state index < -0.39 is 0 Å². The van der Waals surface area contributed by atoms with Gasteiger partial charge in [-0.2, -0.15) is 0 Å². The minimum Gasteiger partial charge on any atom is -0.374 e. The standard InChI is InChI=1S/C12H23NO/c1-12(2)10(13-3)8-11(12)14-9-6-4-5-7-9/h9-11,13H,4-8H2,1-3H3. The molecule has 0 aliphatic heterocycles. The largest absolute Gasteiger partial charge is 0.374 e. The van der Waals surface area contributed by atoms with Crippen molar-refractivity contribution in [1.29, 1.82) is 0 Å². The zero-order valence-corrected chi connectivity index (χ0v) is 9.68. The maximum Gasteiger partial charge on any atom is 0.0659 e. The summed E-state index contributed by atoms with van der Waals surface area (Å²) < 4.78 is 6.15. The van der Waals surface area contributed by atoms with E-state index in [0.717, 1.165) is 0 Å². The van der Waals surface area contributed by atoms with E-state index >= 15 is 0 Å². The molecule has 0 amide bonds. The number of nitrogens with one attached hydrogen (secondary N) is 1. The highest BCUT2D eigenvalue weighted by Crippen LogP contribution is 2.44. The van der Waals surface area contributed by atoms with E-state index in [4.69, 9.17) is 4.74 Å². The van der Waals surface area contributed by atoms with Gasteiger partial charge in [-0.05, 0) is 26.3 Å². The first kappa shape index (κ1) is 10.4. The number of rotatable bonds is 3. The van der Waals surface area contributed by atoms with Crippen LogP contribution in [-0.2, 0) is 4.74 Å². The van der Waals surface area contributed by atoms with Crippen molar-refractivity contribution in [2.45, 2.75) is 64.2 Å². The lowest BCUT2D eigenvalue weighted by Gasteiger charge is -2.52. The Morgan fingerprint density at radius 2 is 1.86 bits per heavy atom. The molecule has 0 aromatic carbocycles. The summed E-state index contributed by atoms with van der Waals surface area (Å²) in [6.45, 7) is 4.63. The maximum atomic E-state index is 6.15. The molecule has 0 aromatic heterocycles. The van der Waals surface area contributed by atoms with Gasteiger partial charge >= 0.3 is 0 Å². The van der Waals surface area contributed by atoms with Gasteiger partial charge in [0.05, 0.1) is 12.2 Å². The number of hydrogen-bond donors (Lipinski definition) is 1. The van der Waals surface area contributed by atoms with Crippen LogP contribution in [-0.4, -0.2) is 25.3 Å². The predicted octanol–water partition coefficient (Wildman–Crippen LogP) is 2.33. The zero-order chi connectivity index (χ0) is 10.2. The highest BCUT2D eigenvalue weighted by atomic mass is 16.5. The van der Waals surface area contributed by atoms with E-state index in [9.17, 15) is 0 Å². The lowest BCUT2D eigenvalue weighted by atomic mass is 9.64. The van der Waals surface area contributed by atoms with Crippen LogP contribution in [0.2, 0.25) is 0 Å². The molecular formula is C12H23NO. The Kier molecular flexibility index (Phi) is 2.85. The second-order valence-corrected chi connectivity index (χ2v) is 5.43. The van der Waals surface area contributed by atoms with Crippen LogP contribution in [0.25, 0.3) is 0 Å². The minimum atomic E-state index is 0.331. The van der Waals surface area contributed by atoms with Crippen LogP contribution < -0.4 is 5.32 Å². The van der Waals surface area contributed by atoms with Gasteiger partial charge in [0.2, 0.25) is 0 Å². The Morgan fingerprint density at radius 1 is 1.21 bits per heavy atom. The molecule has 14 heavy (non-hydrogen) atoms. The molecule has 0 aromatic rings. The summed E-state index contributed by atoms with van der Waals surface area (Å²) in [4.78, 5) is 0. The topological polar surface area (TPSA) is 21.3 Å². The van der Waals surface area contributed by atoms with Crippen molar-refractivity contribution in [3.8, 4) is 0 Å². The van der Waals surface area contributed by atoms with Gasteiger partial charge in [0, 0.05) is 11.5 Å². The van der Waals surface area contributed by atoms with Crippen LogP contribution in [0.15, 0.2) is 0 Å². The third-order valence-electron chi connectivity index (χ3n) is 4.19. The van der Waals surface area contributed by atoms with Gasteiger partial charge < -0.3 is 10.1 Å². The van der Waals surface area contributed by atoms with Crippen molar-refractivity contribution in [3.05, 3.63) is 0 Å². The molecular weight excluding hydrogens is 174 g/mol. The monoisotopic (exact) mass is 197 g/mol. The highest BCUT2D eigenvalue weighted by molar-refractivity contribution is 5.02. The molecule has 2 aliphatic carbocycles. The van der Waals surface area contributed by atoms with E-state index in [2.05, 4.69) is 26.2 Å². The van der Waals surface area contributed by atoms with Crippen LogP contribution in [0.1, 0.15) is 46.0 Å². The SMILES string of the molecule is CNC1CC(OC2CCCC2)C1(C)C. The molecule has 0 saturated heterocycles. The van der Waals surface area contributed by atoms with E-state index in [1.807, 2.05) is 0 Å². The van der Waals surface area contributed by atoms with Crippen molar-refractivity contribution >= 4 is 0 Å². The predicted molar refractivity (Wildman–Crippen MR) is 58.4 cm³/mol. The molecule has 82 valence electrons. The van der Waals surface area contributed by atoms with Crippen LogP contribution in [0.5, 0.6) is 0 Å². The average molecular weight is 197 g/mol. The van der Waals surface area contributed by atoms with Crippen molar-refractivity contribution < 1.29 is 4.74 Å². The summed E-state index contributed by atoms with van der Waals surface area (Å²) in [5.41, 5.74) is 0.331. The molecule has 1 N–H and O–H groups in total. The molecule has 2 heteroatoms. The highest BCUT2D eigenvalue weighted by Gasteiger charge is 2.49. The fourth-order valence-corrected chi connectivity index (χ4v) is 2.86. The molecule has 2 fully saturated rings. The summed E-state index contributed by atoms with van der Waals surface area (Å²) in [5.74, 6) is 0. The lowest BCUT2D eigenvalue weighted by Crippen LogP contribution is -2.60. The Bertz CT molecular complexity index is 196. The summed E-state index contributed by atoms with van der Waals surface area (Å²) in [6.07, 6.45) is 7.56. The zero-order valence-electron chi connectivity index (χ0n) is 9.68. The van der Waals surface area contributed by atoms with E-state index in [1.54, 1.807) is 0 Å². The van der Waals surface area contributed by atoms with Crippen LogP contribution in [0, 0.1) is 5.41 Å². The van der Waals surface area contributed by atoms with E-state index in [0.29, 0.717) is 23.7 Å². The van der Waals surface area contributed by atoms with Gasteiger partial charge in [-0.3, -0.25) is 0 Å².